The lowest BCUT2D eigenvalue weighted by atomic mass is 10.2. The number of non-ortho nitro benzene ring substituents is 1. The predicted molar refractivity (Wildman–Crippen MR) is 128 cm³/mol. The van der Waals surface area contributed by atoms with Crippen LogP contribution < -0.4 is 5.32 Å². The minimum atomic E-state index is -1.21. The van der Waals surface area contributed by atoms with Crippen molar-refractivity contribution in [3.05, 3.63) is 91.1 Å². The number of rotatable bonds is 8. The first-order valence-electron chi connectivity index (χ1n) is 10.4. The molecule has 0 aliphatic rings. The molecule has 0 saturated carbocycles. The van der Waals surface area contributed by atoms with Gasteiger partial charge in [0.1, 0.15) is 11.3 Å². The minimum Gasteiger partial charge on any atom is -0.497 e. The van der Waals surface area contributed by atoms with Crippen molar-refractivity contribution in [3.8, 4) is 5.75 Å². The summed E-state index contributed by atoms with van der Waals surface area (Å²) in [6, 6.07) is 15.1. The fraction of sp³-hybridized carbons (Fsp3) is 0.190. The fourth-order valence-electron chi connectivity index (χ4n) is 3.18. The number of nitro benzene ring substituents is 3. The molecule has 15 nitrogen and oxygen atoms in total. The number of aromatic nitrogens is 4. The van der Waals surface area contributed by atoms with Crippen LogP contribution in [-0.4, -0.2) is 46.4 Å². The van der Waals surface area contributed by atoms with Gasteiger partial charge < -0.3 is 10.4 Å². The zero-order valence-corrected chi connectivity index (χ0v) is 18.8. The molecule has 0 fully saturated rings. The molecule has 2 N–H and O–H groups in total. The molecule has 186 valence electrons. The van der Waals surface area contributed by atoms with E-state index in [-0.39, 0.29) is 0 Å². The lowest BCUT2D eigenvalue weighted by Gasteiger charge is -2.13. The van der Waals surface area contributed by atoms with E-state index in [1.165, 1.54) is 0 Å². The summed E-state index contributed by atoms with van der Waals surface area (Å²) in [6.45, 7) is 3.01. The van der Waals surface area contributed by atoms with E-state index >= 15 is 0 Å². The third kappa shape index (κ3) is 6.02. The highest BCUT2D eigenvalue weighted by molar-refractivity contribution is 5.74. The Bertz CT molecular complexity index is 1360. The van der Waals surface area contributed by atoms with Crippen molar-refractivity contribution in [2.24, 2.45) is 0 Å². The van der Waals surface area contributed by atoms with Gasteiger partial charge in [-0.05, 0) is 37.6 Å². The Morgan fingerprint density at radius 1 is 0.972 bits per heavy atom. The number of anilines is 1. The van der Waals surface area contributed by atoms with Crippen molar-refractivity contribution >= 4 is 33.9 Å². The number of phenols is 1. The Morgan fingerprint density at radius 2 is 1.61 bits per heavy atom. The van der Waals surface area contributed by atoms with E-state index in [9.17, 15) is 30.3 Å². The smallest absolute Gasteiger partial charge is 0.324 e. The Morgan fingerprint density at radius 3 is 2.19 bits per heavy atom. The summed E-state index contributed by atoms with van der Waals surface area (Å²) >= 11 is 0. The molecule has 2 heterocycles. The largest absolute Gasteiger partial charge is 0.497 e. The second-order valence-corrected chi connectivity index (χ2v) is 7.41. The second kappa shape index (κ2) is 11.3. The average molecular weight is 496 g/mol. The number of fused-ring (bicyclic) bond motifs is 1. The molecule has 0 spiro atoms. The monoisotopic (exact) mass is 496 g/mol. The van der Waals surface area contributed by atoms with Crippen LogP contribution >= 0.6 is 0 Å². The standard InChI is InChI=1S/C15H17N5.C6H3N3O7/c1-12(9-11-17-15-8-4-5-10-16-15)20-14-7-3-2-6-13(14)18-19-20;10-6-4(8(13)14)1-3(7(11)12)2-5(6)9(15)16/h2-8,10,12H,9,11H2,1H3,(H,16,17);1-2,10H. The highest BCUT2D eigenvalue weighted by Crippen LogP contribution is 2.38. The molecular formula is C21H20N8O7. The van der Waals surface area contributed by atoms with E-state index < -0.39 is 37.6 Å². The van der Waals surface area contributed by atoms with Gasteiger partial charge in [-0.3, -0.25) is 30.3 Å². The molecule has 0 amide bonds. The van der Waals surface area contributed by atoms with E-state index in [1.54, 1.807) is 6.20 Å². The molecule has 0 radical (unpaired) electrons. The van der Waals surface area contributed by atoms with E-state index in [1.807, 2.05) is 41.1 Å². The van der Waals surface area contributed by atoms with Crippen molar-refractivity contribution in [2.45, 2.75) is 19.4 Å². The maximum atomic E-state index is 10.4. The van der Waals surface area contributed by atoms with E-state index in [4.69, 9.17) is 5.11 Å². The highest BCUT2D eigenvalue weighted by Gasteiger charge is 2.30. The van der Waals surface area contributed by atoms with Gasteiger partial charge >= 0.3 is 11.4 Å². The van der Waals surface area contributed by atoms with Gasteiger partial charge in [-0.15, -0.1) is 5.10 Å². The number of pyridine rings is 1. The van der Waals surface area contributed by atoms with Gasteiger partial charge in [-0.1, -0.05) is 23.4 Å². The van der Waals surface area contributed by atoms with Gasteiger partial charge in [0.2, 0.25) is 0 Å². The first-order chi connectivity index (χ1) is 17.2. The van der Waals surface area contributed by atoms with Crippen molar-refractivity contribution in [2.75, 3.05) is 11.9 Å². The van der Waals surface area contributed by atoms with Crippen LogP contribution in [0.25, 0.3) is 11.0 Å². The van der Waals surface area contributed by atoms with Gasteiger partial charge in [0.05, 0.1) is 38.5 Å². The van der Waals surface area contributed by atoms with Crippen LogP contribution in [0.2, 0.25) is 0 Å². The Balaban J connectivity index is 0.000000207. The topological polar surface area (TPSA) is 205 Å². The number of nitrogens with one attached hydrogen (secondary N) is 1. The maximum Gasteiger partial charge on any atom is 0.324 e. The SMILES string of the molecule is CC(CCNc1ccccn1)n1nnc2ccccc21.O=[N+]([O-])c1cc([N+](=O)[O-])c(O)c([N+](=O)[O-])c1. The Hall–Kier alpha value is -5.21. The van der Waals surface area contributed by atoms with Crippen LogP contribution in [0.4, 0.5) is 22.9 Å². The summed E-state index contributed by atoms with van der Waals surface area (Å²) < 4.78 is 1.98. The molecule has 0 aliphatic carbocycles. The van der Waals surface area contributed by atoms with Crippen LogP contribution in [0.5, 0.6) is 5.75 Å². The summed E-state index contributed by atoms with van der Waals surface area (Å²) in [5, 5.41) is 52.0. The number of aromatic hydroxyl groups is 1. The highest BCUT2D eigenvalue weighted by atomic mass is 16.6. The Labute approximate surface area is 202 Å². The van der Waals surface area contributed by atoms with Gasteiger partial charge in [-0.25, -0.2) is 9.67 Å². The van der Waals surface area contributed by atoms with Crippen LogP contribution in [0.3, 0.4) is 0 Å². The first kappa shape index (κ1) is 25.4. The fourth-order valence-corrected chi connectivity index (χ4v) is 3.18. The molecule has 2 aromatic heterocycles. The molecule has 36 heavy (non-hydrogen) atoms. The summed E-state index contributed by atoms with van der Waals surface area (Å²) in [7, 11) is 0. The minimum absolute atomic E-state index is 0.290. The van der Waals surface area contributed by atoms with E-state index in [0.717, 1.165) is 29.8 Å². The molecule has 0 saturated heterocycles. The predicted octanol–water partition coefficient (Wildman–Crippen LogP) is 4.01. The first-order valence-corrected chi connectivity index (χ1v) is 10.4. The van der Waals surface area contributed by atoms with E-state index in [0.29, 0.717) is 18.2 Å². The molecule has 4 rings (SSSR count). The van der Waals surface area contributed by atoms with Crippen molar-refractivity contribution in [3.63, 3.8) is 0 Å². The van der Waals surface area contributed by atoms with E-state index in [2.05, 4.69) is 33.6 Å². The second-order valence-electron chi connectivity index (χ2n) is 7.41. The quantitative estimate of drug-likeness (QED) is 0.263. The van der Waals surface area contributed by atoms with Gasteiger partial charge in [0.25, 0.3) is 11.4 Å². The molecule has 4 aromatic rings. The zero-order valence-electron chi connectivity index (χ0n) is 18.8. The molecule has 1 atom stereocenters. The van der Waals surface area contributed by atoms with Crippen LogP contribution in [0, 0.1) is 30.3 Å². The average Bonchev–Trinajstić information content (AvgIpc) is 3.29. The number of phenolic OH excluding ortho intramolecular Hbond substituents is 1. The van der Waals surface area contributed by atoms with Crippen molar-refractivity contribution in [1.29, 1.82) is 0 Å². The molecule has 15 heteroatoms. The normalized spacial score (nSPS) is 11.2. The molecular weight excluding hydrogens is 476 g/mol. The van der Waals surface area contributed by atoms with Gasteiger partial charge in [0.15, 0.2) is 0 Å². The summed E-state index contributed by atoms with van der Waals surface area (Å²) in [6.07, 6.45) is 2.75. The third-order valence-electron chi connectivity index (χ3n) is 4.99. The van der Waals surface area contributed by atoms with Crippen LogP contribution in [0.15, 0.2) is 60.8 Å². The number of nitrogens with zero attached hydrogens (tertiary/aromatic N) is 7. The molecule has 0 aliphatic heterocycles. The number of nitro groups is 3. The van der Waals surface area contributed by atoms with Gasteiger partial charge in [0, 0.05) is 12.7 Å². The number of hydrogen-bond donors (Lipinski definition) is 2. The summed E-state index contributed by atoms with van der Waals surface area (Å²) in [5.74, 6) is -0.302. The van der Waals surface area contributed by atoms with Crippen LogP contribution in [-0.2, 0) is 0 Å². The molecule has 0 bridgehead atoms. The summed E-state index contributed by atoms with van der Waals surface area (Å²) in [4.78, 5) is 32.0. The number of benzene rings is 2. The zero-order chi connectivity index (χ0) is 26.2. The third-order valence-corrected chi connectivity index (χ3v) is 4.99. The maximum absolute atomic E-state index is 10.4. The number of hydrogen-bond acceptors (Lipinski definition) is 11. The van der Waals surface area contributed by atoms with Gasteiger partial charge in [-0.2, -0.15) is 0 Å². The van der Waals surface area contributed by atoms with Crippen LogP contribution in [0.1, 0.15) is 19.4 Å². The molecule has 1 unspecified atom stereocenters. The Kier molecular flexibility index (Phi) is 7.96. The summed E-state index contributed by atoms with van der Waals surface area (Å²) in [5.41, 5.74) is -0.979. The lowest BCUT2D eigenvalue weighted by Crippen LogP contribution is -2.13. The molecule has 2 aromatic carbocycles. The lowest BCUT2D eigenvalue weighted by molar-refractivity contribution is -0.404. The van der Waals surface area contributed by atoms with Crippen molar-refractivity contribution < 1.29 is 19.9 Å². The van der Waals surface area contributed by atoms with Crippen molar-refractivity contribution in [1.82, 2.24) is 20.0 Å². The number of para-hydroxylation sites is 1.